The number of hydrogen-bond acceptors (Lipinski definition) is 3. The van der Waals surface area contributed by atoms with Gasteiger partial charge in [-0.05, 0) is 48.2 Å². The molecule has 110 valence electrons. The Morgan fingerprint density at radius 1 is 0.952 bits per heavy atom. The first-order chi connectivity index (χ1) is 10.2. The molecule has 3 heteroatoms. The number of carbonyl (C=O) groups is 1. The molecule has 0 aliphatic rings. The van der Waals surface area contributed by atoms with Crippen molar-refractivity contribution in [3.05, 3.63) is 59.7 Å². The molecule has 0 fully saturated rings. The summed E-state index contributed by atoms with van der Waals surface area (Å²) in [6.45, 7) is 2.15. The fourth-order valence-electron chi connectivity index (χ4n) is 2.09. The molecule has 21 heavy (non-hydrogen) atoms. The molecule has 2 aromatic carbocycles. The lowest BCUT2D eigenvalue weighted by Gasteiger charge is -2.08. The molecule has 0 heterocycles. The van der Waals surface area contributed by atoms with Crippen molar-refractivity contribution < 1.29 is 9.53 Å². The van der Waals surface area contributed by atoms with Gasteiger partial charge in [-0.1, -0.05) is 31.2 Å². The second-order valence-corrected chi connectivity index (χ2v) is 4.95. The molecule has 0 saturated carbocycles. The van der Waals surface area contributed by atoms with Crippen LogP contribution in [0.3, 0.4) is 0 Å². The number of ether oxygens (including phenoxy) is 1. The minimum Gasteiger partial charge on any atom is -0.469 e. The lowest BCUT2D eigenvalue weighted by molar-refractivity contribution is -0.140. The highest BCUT2D eigenvalue weighted by Crippen LogP contribution is 2.18. The van der Waals surface area contributed by atoms with Crippen molar-refractivity contribution in [2.24, 2.45) is 0 Å². The Kier molecular flexibility index (Phi) is 5.38. The molecular formula is C18H21NO2. The molecule has 0 aliphatic carbocycles. The second kappa shape index (κ2) is 7.48. The molecular weight excluding hydrogens is 262 g/mol. The van der Waals surface area contributed by atoms with Crippen LogP contribution in [0.15, 0.2) is 48.5 Å². The Morgan fingerprint density at radius 3 is 1.95 bits per heavy atom. The molecule has 0 aromatic heterocycles. The first kappa shape index (κ1) is 15.1. The van der Waals surface area contributed by atoms with Crippen molar-refractivity contribution in [3.8, 4) is 0 Å². The first-order valence-corrected chi connectivity index (χ1v) is 7.23. The molecule has 2 rings (SSSR count). The Bertz CT molecular complexity index is 573. The van der Waals surface area contributed by atoms with E-state index < -0.39 is 0 Å². The van der Waals surface area contributed by atoms with Gasteiger partial charge in [-0.2, -0.15) is 0 Å². The Hall–Kier alpha value is -2.29. The molecule has 0 saturated heterocycles. The zero-order valence-electron chi connectivity index (χ0n) is 12.6. The van der Waals surface area contributed by atoms with Gasteiger partial charge in [0.15, 0.2) is 0 Å². The van der Waals surface area contributed by atoms with Gasteiger partial charge < -0.3 is 10.1 Å². The second-order valence-electron chi connectivity index (χ2n) is 4.95. The number of rotatable bonds is 6. The summed E-state index contributed by atoms with van der Waals surface area (Å²) in [5.41, 5.74) is 4.58. The largest absolute Gasteiger partial charge is 0.469 e. The van der Waals surface area contributed by atoms with Crippen molar-refractivity contribution in [1.82, 2.24) is 0 Å². The summed E-state index contributed by atoms with van der Waals surface area (Å²) in [6.07, 6.45) is 2.18. The number of carbonyl (C=O) groups excluding carboxylic acids is 1. The van der Waals surface area contributed by atoms with Gasteiger partial charge in [-0.25, -0.2) is 0 Å². The van der Waals surface area contributed by atoms with Crippen LogP contribution in [0, 0.1) is 0 Å². The van der Waals surface area contributed by atoms with Crippen molar-refractivity contribution in [2.75, 3.05) is 12.4 Å². The molecule has 1 N–H and O–H groups in total. The van der Waals surface area contributed by atoms with E-state index >= 15 is 0 Å². The highest BCUT2D eigenvalue weighted by Gasteiger charge is 2.01. The Morgan fingerprint density at radius 2 is 1.48 bits per heavy atom. The van der Waals surface area contributed by atoms with E-state index in [2.05, 4.69) is 41.2 Å². The van der Waals surface area contributed by atoms with Crippen molar-refractivity contribution in [3.63, 3.8) is 0 Å². The summed E-state index contributed by atoms with van der Waals surface area (Å²) in [4.78, 5) is 11.1. The van der Waals surface area contributed by atoms with Crippen molar-refractivity contribution in [2.45, 2.75) is 26.2 Å². The van der Waals surface area contributed by atoms with E-state index in [1.54, 1.807) is 0 Å². The summed E-state index contributed by atoms with van der Waals surface area (Å²) >= 11 is 0. The van der Waals surface area contributed by atoms with Crippen LogP contribution in [0.2, 0.25) is 0 Å². The van der Waals surface area contributed by atoms with Crippen molar-refractivity contribution >= 4 is 17.3 Å². The zero-order valence-corrected chi connectivity index (χ0v) is 12.6. The quantitative estimate of drug-likeness (QED) is 0.811. The van der Waals surface area contributed by atoms with Crippen LogP contribution in [0.25, 0.3) is 0 Å². The molecule has 0 amide bonds. The minimum absolute atomic E-state index is 0.173. The predicted molar refractivity (Wildman–Crippen MR) is 85.9 cm³/mol. The van der Waals surface area contributed by atoms with Gasteiger partial charge >= 0.3 is 5.97 Å². The minimum atomic E-state index is -0.173. The lowest BCUT2D eigenvalue weighted by Crippen LogP contribution is -2.01. The highest BCUT2D eigenvalue weighted by molar-refractivity contribution is 5.69. The lowest BCUT2D eigenvalue weighted by atomic mass is 10.1. The monoisotopic (exact) mass is 283 g/mol. The maximum absolute atomic E-state index is 11.1. The summed E-state index contributed by atoms with van der Waals surface area (Å²) in [6, 6.07) is 16.6. The standard InChI is InChI=1S/C18H21NO2/c1-3-14-4-9-16(10-5-14)19-17-11-6-15(7-12-17)8-13-18(20)21-2/h4-7,9-12,19H,3,8,13H2,1-2H3. The third-order valence-corrected chi connectivity index (χ3v) is 3.45. The van der Waals surface area contributed by atoms with Crippen LogP contribution in [0.4, 0.5) is 11.4 Å². The summed E-state index contributed by atoms with van der Waals surface area (Å²) in [7, 11) is 1.42. The van der Waals surface area contributed by atoms with Gasteiger partial charge in [-0.3, -0.25) is 4.79 Å². The van der Waals surface area contributed by atoms with Gasteiger partial charge in [0.2, 0.25) is 0 Å². The van der Waals surface area contributed by atoms with Crippen LogP contribution in [-0.2, 0) is 22.4 Å². The van der Waals surface area contributed by atoms with E-state index in [0.717, 1.165) is 23.4 Å². The van der Waals surface area contributed by atoms with E-state index in [0.29, 0.717) is 12.8 Å². The molecule has 3 nitrogen and oxygen atoms in total. The third kappa shape index (κ3) is 4.63. The van der Waals surface area contributed by atoms with E-state index in [1.165, 1.54) is 12.7 Å². The Balaban J connectivity index is 1.93. The van der Waals surface area contributed by atoms with Gasteiger partial charge in [-0.15, -0.1) is 0 Å². The maximum Gasteiger partial charge on any atom is 0.305 e. The number of anilines is 2. The van der Waals surface area contributed by atoms with E-state index in [4.69, 9.17) is 0 Å². The molecule has 0 unspecified atom stereocenters. The number of aryl methyl sites for hydroxylation is 2. The van der Waals surface area contributed by atoms with E-state index in [9.17, 15) is 4.79 Å². The molecule has 0 spiro atoms. The van der Waals surface area contributed by atoms with Crippen LogP contribution >= 0.6 is 0 Å². The fraction of sp³-hybridized carbons (Fsp3) is 0.278. The topological polar surface area (TPSA) is 38.3 Å². The number of benzene rings is 2. The zero-order chi connectivity index (χ0) is 15.1. The number of esters is 1. The number of hydrogen-bond donors (Lipinski definition) is 1. The predicted octanol–water partition coefficient (Wildman–Crippen LogP) is 4.10. The molecule has 0 radical (unpaired) electrons. The van der Waals surface area contributed by atoms with Crippen LogP contribution < -0.4 is 5.32 Å². The van der Waals surface area contributed by atoms with Gasteiger partial charge in [0.1, 0.15) is 0 Å². The third-order valence-electron chi connectivity index (χ3n) is 3.45. The average Bonchev–Trinajstić information content (AvgIpc) is 2.54. The van der Waals surface area contributed by atoms with Crippen LogP contribution in [0.5, 0.6) is 0 Å². The van der Waals surface area contributed by atoms with Gasteiger partial charge in [0.25, 0.3) is 0 Å². The normalized spacial score (nSPS) is 10.2. The molecule has 2 aromatic rings. The number of methoxy groups -OCH3 is 1. The van der Waals surface area contributed by atoms with Crippen LogP contribution in [-0.4, -0.2) is 13.1 Å². The molecule has 0 atom stereocenters. The molecule has 0 bridgehead atoms. The average molecular weight is 283 g/mol. The number of nitrogens with one attached hydrogen (secondary N) is 1. The van der Waals surface area contributed by atoms with Crippen LogP contribution in [0.1, 0.15) is 24.5 Å². The van der Waals surface area contributed by atoms with Crippen molar-refractivity contribution in [1.29, 1.82) is 0 Å². The van der Waals surface area contributed by atoms with E-state index in [1.807, 2.05) is 24.3 Å². The van der Waals surface area contributed by atoms with Gasteiger partial charge in [0.05, 0.1) is 7.11 Å². The smallest absolute Gasteiger partial charge is 0.305 e. The van der Waals surface area contributed by atoms with Gasteiger partial charge in [0, 0.05) is 17.8 Å². The molecule has 0 aliphatic heterocycles. The maximum atomic E-state index is 11.1. The highest BCUT2D eigenvalue weighted by atomic mass is 16.5. The Labute approximate surface area is 126 Å². The summed E-state index contributed by atoms with van der Waals surface area (Å²) in [5, 5.41) is 3.37. The van der Waals surface area contributed by atoms with E-state index in [-0.39, 0.29) is 5.97 Å². The first-order valence-electron chi connectivity index (χ1n) is 7.23. The fourth-order valence-corrected chi connectivity index (χ4v) is 2.09. The SMILES string of the molecule is CCc1ccc(Nc2ccc(CCC(=O)OC)cc2)cc1. The summed E-state index contributed by atoms with van der Waals surface area (Å²) in [5.74, 6) is -0.173. The summed E-state index contributed by atoms with van der Waals surface area (Å²) < 4.78 is 4.64.